The monoisotopic (exact) mass is 512 g/mol. The van der Waals surface area contributed by atoms with Crippen LogP contribution in [-0.2, 0) is 0 Å². The van der Waals surface area contributed by atoms with E-state index in [-0.39, 0.29) is 22.6 Å². The number of carboxylic acids is 1. The first-order valence-electron chi connectivity index (χ1n) is 5.72. The lowest BCUT2D eigenvalue weighted by molar-refractivity contribution is 0.0697. The van der Waals surface area contributed by atoms with E-state index >= 15 is 0 Å². The number of aromatic amines is 1. The zero-order valence-corrected chi connectivity index (χ0v) is 15.0. The van der Waals surface area contributed by atoms with Gasteiger partial charge in [-0.2, -0.15) is 0 Å². The number of carboxylic acid groups (broad SMARTS) is 1. The van der Waals surface area contributed by atoms with Crippen LogP contribution in [0, 0.1) is 14.1 Å². The van der Waals surface area contributed by atoms with Crippen LogP contribution in [0.3, 0.4) is 0 Å². The molecule has 1 amide bonds. The number of aromatic nitrogens is 1. The van der Waals surface area contributed by atoms with Gasteiger partial charge in [0, 0.05) is 15.5 Å². The van der Waals surface area contributed by atoms with Gasteiger partial charge in [0.15, 0.2) is 0 Å². The molecule has 0 saturated heterocycles. The molecule has 1 aromatic carbocycles. The highest BCUT2D eigenvalue weighted by molar-refractivity contribution is 14.1. The second-order valence-electron chi connectivity index (χ2n) is 4.25. The standard InChI is InChI=1S/C13H10I2N2O4/c1-5-10(13(20)21)9(4-16-5)17-12(19)7-2-6(14)3-8(15)11(7)18/h2-4,16,18H,1H3,(H,17,19)(H,20,21). The Bertz CT molecular complexity index is 740. The number of phenols is 1. The maximum atomic E-state index is 12.2. The number of rotatable bonds is 3. The zero-order valence-electron chi connectivity index (χ0n) is 10.7. The van der Waals surface area contributed by atoms with Gasteiger partial charge < -0.3 is 20.5 Å². The number of nitrogens with one attached hydrogen (secondary N) is 2. The number of aryl methyl sites for hydroxylation is 1. The first-order chi connectivity index (χ1) is 9.81. The molecule has 6 nitrogen and oxygen atoms in total. The van der Waals surface area contributed by atoms with E-state index in [0.717, 1.165) is 3.57 Å². The van der Waals surface area contributed by atoms with Crippen molar-refractivity contribution in [2.24, 2.45) is 0 Å². The summed E-state index contributed by atoms with van der Waals surface area (Å²) in [5.74, 6) is -1.83. The number of benzene rings is 1. The predicted octanol–water partition coefficient (Wildman–Crippen LogP) is 3.19. The fourth-order valence-electron chi connectivity index (χ4n) is 1.83. The smallest absolute Gasteiger partial charge is 0.339 e. The van der Waals surface area contributed by atoms with Crippen LogP contribution >= 0.6 is 45.2 Å². The number of H-pyrrole nitrogens is 1. The van der Waals surface area contributed by atoms with Crippen LogP contribution in [0.4, 0.5) is 5.69 Å². The van der Waals surface area contributed by atoms with Gasteiger partial charge in [0.2, 0.25) is 0 Å². The third-order valence-corrected chi connectivity index (χ3v) is 4.26. The van der Waals surface area contributed by atoms with E-state index in [4.69, 9.17) is 5.11 Å². The zero-order chi connectivity index (χ0) is 15.7. The van der Waals surface area contributed by atoms with Crippen LogP contribution in [0.1, 0.15) is 26.4 Å². The molecule has 0 aliphatic heterocycles. The Labute approximate surface area is 147 Å². The number of hydrogen-bond donors (Lipinski definition) is 4. The van der Waals surface area contributed by atoms with Crippen LogP contribution in [-0.4, -0.2) is 27.1 Å². The third kappa shape index (κ3) is 3.31. The lowest BCUT2D eigenvalue weighted by atomic mass is 10.1. The molecule has 0 radical (unpaired) electrons. The van der Waals surface area contributed by atoms with Crippen LogP contribution < -0.4 is 5.32 Å². The quantitative estimate of drug-likeness (QED) is 0.475. The Kier molecular flexibility index (Phi) is 4.76. The van der Waals surface area contributed by atoms with Crippen molar-refractivity contribution in [2.75, 3.05) is 5.32 Å². The molecule has 0 bridgehead atoms. The van der Waals surface area contributed by atoms with Gasteiger partial charge in [-0.15, -0.1) is 0 Å². The molecule has 8 heteroatoms. The SMILES string of the molecule is Cc1[nH]cc(NC(=O)c2cc(I)cc(I)c2O)c1C(=O)O. The summed E-state index contributed by atoms with van der Waals surface area (Å²) < 4.78 is 1.34. The topological polar surface area (TPSA) is 102 Å². The highest BCUT2D eigenvalue weighted by Gasteiger charge is 2.20. The summed E-state index contributed by atoms with van der Waals surface area (Å²) >= 11 is 3.96. The van der Waals surface area contributed by atoms with Crippen molar-refractivity contribution >= 4 is 62.7 Å². The molecule has 2 aromatic rings. The van der Waals surface area contributed by atoms with Crippen LogP contribution in [0.5, 0.6) is 5.75 Å². The van der Waals surface area contributed by atoms with Gasteiger partial charge in [-0.1, -0.05) is 0 Å². The third-order valence-electron chi connectivity index (χ3n) is 2.81. The summed E-state index contributed by atoms with van der Waals surface area (Å²) in [4.78, 5) is 26.2. The number of amides is 1. The molecule has 0 fully saturated rings. The molecule has 110 valence electrons. The Morgan fingerprint density at radius 1 is 1.29 bits per heavy atom. The molecule has 0 unspecified atom stereocenters. The van der Waals surface area contributed by atoms with Gasteiger partial charge in [0.05, 0.1) is 14.8 Å². The summed E-state index contributed by atoms with van der Waals surface area (Å²) in [6.07, 6.45) is 1.41. The minimum Gasteiger partial charge on any atom is -0.506 e. The number of anilines is 1. The van der Waals surface area contributed by atoms with E-state index in [1.807, 2.05) is 45.2 Å². The molecular formula is C13H10I2N2O4. The van der Waals surface area contributed by atoms with Crippen molar-refractivity contribution in [3.05, 3.63) is 42.3 Å². The Hall–Kier alpha value is -1.30. The number of carbonyl (C=O) groups is 2. The molecule has 1 aromatic heterocycles. The lowest BCUT2D eigenvalue weighted by Crippen LogP contribution is -2.14. The summed E-state index contributed by atoms with van der Waals surface area (Å²) in [6, 6.07) is 3.27. The molecule has 2 rings (SSSR count). The van der Waals surface area contributed by atoms with Gasteiger partial charge in [0.1, 0.15) is 11.3 Å². The van der Waals surface area contributed by atoms with Crippen molar-refractivity contribution in [3.8, 4) is 5.75 Å². The molecule has 21 heavy (non-hydrogen) atoms. The minimum absolute atomic E-state index is 0.00293. The van der Waals surface area contributed by atoms with Crippen LogP contribution in [0.2, 0.25) is 0 Å². The molecule has 0 saturated carbocycles. The summed E-state index contributed by atoms with van der Waals surface area (Å²) in [6.45, 7) is 1.60. The number of hydrogen-bond acceptors (Lipinski definition) is 3. The van der Waals surface area contributed by atoms with Crippen molar-refractivity contribution in [1.82, 2.24) is 4.98 Å². The van der Waals surface area contributed by atoms with Crippen molar-refractivity contribution < 1.29 is 19.8 Å². The molecule has 0 aliphatic carbocycles. The van der Waals surface area contributed by atoms with Gasteiger partial charge in [-0.05, 0) is 64.2 Å². The number of halogens is 2. The van der Waals surface area contributed by atoms with E-state index < -0.39 is 11.9 Å². The van der Waals surface area contributed by atoms with Gasteiger partial charge in [-0.25, -0.2) is 4.79 Å². The first-order valence-corrected chi connectivity index (χ1v) is 7.87. The summed E-state index contributed by atoms with van der Waals surface area (Å²) in [5, 5.41) is 21.6. The average Bonchev–Trinajstić information content (AvgIpc) is 2.74. The number of carbonyl (C=O) groups excluding carboxylic acids is 1. The van der Waals surface area contributed by atoms with E-state index in [2.05, 4.69) is 10.3 Å². The predicted molar refractivity (Wildman–Crippen MR) is 94.0 cm³/mol. The molecule has 0 atom stereocenters. The second-order valence-corrected chi connectivity index (χ2v) is 6.65. The minimum atomic E-state index is -1.13. The highest BCUT2D eigenvalue weighted by Crippen LogP contribution is 2.28. The van der Waals surface area contributed by atoms with E-state index in [1.165, 1.54) is 12.3 Å². The van der Waals surface area contributed by atoms with E-state index in [0.29, 0.717) is 9.26 Å². The molecule has 0 spiro atoms. The molecule has 4 N–H and O–H groups in total. The Balaban J connectivity index is 2.38. The second kappa shape index (κ2) is 6.22. The lowest BCUT2D eigenvalue weighted by Gasteiger charge is -2.08. The molecule has 1 heterocycles. The molecule has 0 aliphatic rings. The molecular weight excluding hydrogens is 502 g/mol. The van der Waals surface area contributed by atoms with Crippen LogP contribution in [0.15, 0.2) is 18.3 Å². The average molecular weight is 512 g/mol. The van der Waals surface area contributed by atoms with Crippen molar-refractivity contribution in [3.63, 3.8) is 0 Å². The van der Waals surface area contributed by atoms with E-state index in [9.17, 15) is 14.7 Å². The van der Waals surface area contributed by atoms with Crippen molar-refractivity contribution in [1.29, 1.82) is 0 Å². The largest absolute Gasteiger partial charge is 0.506 e. The first kappa shape index (κ1) is 16.1. The maximum absolute atomic E-state index is 12.2. The summed E-state index contributed by atoms with van der Waals surface area (Å²) in [5.41, 5.74) is 0.710. The Morgan fingerprint density at radius 3 is 2.57 bits per heavy atom. The fraction of sp³-hybridized carbons (Fsp3) is 0.0769. The summed E-state index contributed by atoms with van der Waals surface area (Å²) in [7, 11) is 0. The van der Waals surface area contributed by atoms with E-state index in [1.54, 1.807) is 13.0 Å². The van der Waals surface area contributed by atoms with Gasteiger partial charge in [-0.3, -0.25) is 4.79 Å². The number of aromatic hydroxyl groups is 1. The Morgan fingerprint density at radius 2 is 1.95 bits per heavy atom. The number of aromatic carboxylic acids is 1. The fourth-order valence-corrected chi connectivity index (χ4v) is 3.67. The normalized spacial score (nSPS) is 10.4. The number of phenolic OH excluding ortho intramolecular Hbond substituents is 1. The van der Waals surface area contributed by atoms with Gasteiger partial charge >= 0.3 is 5.97 Å². The van der Waals surface area contributed by atoms with Gasteiger partial charge in [0.25, 0.3) is 5.91 Å². The van der Waals surface area contributed by atoms with Crippen LogP contribution in [0.25, 0.3) is 0 Å². The highest BCUT2D eigenvalue weighted by atomic mass is 127. The maximum Gasteiger partial charge on any atom is 0.339 e. The van der Waals surface area contributed by atoms with Crippen molar-refractivity contribution in [2.45, 2.75) is 6.92 Å².